The number of rotatable bonds is 3. The standard InChI is InChI=1S/C8H8N6O6/c1-13-3(5(19-11-13)9-7(15)16)4-6(10-8(17)18)20-12-14(4)2/h1-2H3,(H2,15,16,17,18). The monoisotopic (exact) mass is 284 g/mol. The first-order valence-corrected chi connectivity index (χ1v) is 5.01. The second-order valence-corrected chi connectivity index (χ2v) is 3.49. The molecule has 2 rings (SSSR count). The van der Waals surface area contributed by atoms with Crippen molar-refractivity contribution in [3.05, 3.63) is 10.6 Å². The van der Waals surface area contributed by atoms with Crippen molar-refractivity contribution in [1.82, 2.24) is 10.5 Å². The van der Waals surface area contributed by atoms with Crippen molar-refractivity contribution in [2.75, 3.05) is 0 Å². The molecular formula is C8H8N6O6. The van der Waals surface area contributed by atoms with Crippen LogP contribution in [0.2, 0.25) is 0 Å². The summed E-state index contributed by atoms with van der Waals surface area (Å²) >= 11 is 0. The smallest absolute Gasteiger partial charge is 0.333 e. The summed E-state index contributed by atoms with van der Waals surface area (Å²) in [5.41, 5.74) is 0.104. The lowest BCUT2D eigenvalue weighted by atomic mass is 10.3. The number of nitrogens with zero attached hydrogens (tertiary/aromatic N) is 6. The predicted octanol–water partition coefficient (Wildman–Crippen LogP) is 0.345. The lowest BCUT2D eigenvalue weighted by Crippen LogP contribution is -2.39. The van der Waals surface area contributed by atoms with Crippen molar-refractivity contribution < 1.29 is 38.2 Å². The van der Waals surface area contributed by atoms with Gasteiger partial charge < -0.3 is 29.9 Å². The van der Waals surface area contributed by atoms with Crippen LogP contribution in [0.3, 0.4) is 0 Å². The van der Waals surface area contributed by atoms with Gasteiger partial charge in [0.15, 0.2) is 36.4 Å². The minimum absolute atomic E-state index is 0.0520. The van der Waals surface area contributed by atoms with Gasteiger partial charge in [-0.2, -0.15) is 0 Å². The number of carboxylic acid groups (broad SMARTS) is 2. The molecule has 0 fully saturated rings. The van der Waals surface area contributed by atoms with Crippen LogP contribution in [-0.4, -0.2) is 32.9 Å². The zero-order chi connectivity index (χ0) is 14.9. The second kappa shape index (κ2) is 4.83. The molecule has 0 aliphatic rings. The maximum Gasteiger partial charge on any atom is 0.333 e. The third kappa shape index (κ3) is 2.33. The number of aromatic nitrogens is 4. The third-order valence-corrected chi connectivity index (χ3v) is 2.17. The average Bonchev–Trinajstić information content (AvgIpc) is 2.83. The first-order chi connectivity index (χ1) is 9.40. The number of hydrogen-bond donors (Lipinski definition) is 2. The average molecular weight is 284 g/mol. The topological polar surface area (TPSA) is 163 Å². The first-order valence-electron chi connectivity index (χ1n) is 5.01. The van der Waals surface area contributed by atoms with Gasteiger partial charge in [0, 0.05) is 0 Å². The van der Waals surface area contributed by atoms with E-state index in [1.807, 2.05) is 0 Å². The van der Waals surface area contributed by atoms with Crippen molar-refractivity contribution in [3.8, 4) is 11.4 Å². The van der Waals surface area contributed by atoms with Crippen LogP contribution in [0.25, 0.3) is 22.0 Å². The molecule has 2 aromatic rings. The van der Waals surface area contributed by atoms with E-state index in [0.29, 0.717) is 0 Å². The number of carbonyl (C=O) groups is 2. The molecule has 0 spiro atoms. The van der Waals surface area contributed by atoms with E-state index in [2.05, 4.69) is 21.2 Å². The molecular weight excluding hydrogens is 276 g/mol. The number of amides is 2. The Morgan fingerprint density at radius 1 is 0.950 bits per heavy atom. The molecule has 0 radical (unpaired) electrons. The summed E-state index contributed by atoms with van der Waals surface area (Å²) in [5, 5.41) is 30.7. The molecule has 0 unspecified atom stereocenters. The SMILES string of the molecule is C[n+]1noc([N-]C(=O)O)c1-c1c([N-]C(=O)O)on[n+]1C. The van der Waals surface area contributed by atoms with Crippen LogP contribution < -0.4 is 9.36 Å². The minimum atomic E-state index is -1.50. The van der Waals surface area contributed by atoms with Gasteiger partial charge in [-0.1, -0.05) is 0 Å². The van der Waals surface area contributed by atoms with Crippen LogP contribution in [-0.2, 0) is 14.1 Å². The molecule has 2 aromatic heterocycles. The molecule has 0 saturated heterocycles. The first kappa shape index (κ1) is 13.3. The molecule has 106 valence electrons. The predicted molar refractivity (Wildman–Crippen MR) is 56.4 cm³/mol. The van der Waals surface area contributed by atoms with Crippen molar-refractivity contribution in [2.45, 2.75) is 0 Å². The van der Waals surface area contributed by atoms with Crippen molar-refractivity contribution in [3.63, 3.8) is 0 Å². The van der Waals surface area contributed by atoms with Crippen LogP contribution in [0.5, 0.6) is 0 Å². The van der Waals surface area contributed by atoms with Crippen molar-refractivity contribution in [1.29, 1.82) is 0 Å². The Hall–Kier alpha value is -3.18. The molecule has 12 nitrogen and oxygen atoms in total. The summed E-state index contributed by atoms with van der Waals surface area (Å²) in [6.07, 6.45) is -3.00. The van der Waals surface area contributed by atoms with Gasteiger partial charge in [0.1, 0.15) is 0 Å². The van der Waals surface area contributed by atoms with E-state index < -0.39 is 12.2 Å². The zero-order valence-corrected chi connectivity index (χ0v) is 10.2. The summed E-state index contributed by atoms with van der Waals surface area (Å²) in [4.78, 5) is 21.2. The quantitative estimate of drug-likeness (QED) is 0.762. The van der Waals surface area contributed by atoms with E-state index in [4.69, 9.17) is 19.3 Å². The van der Waals surface area contributed by atoms with Crippen LogP contribution in [0.4, 0.5) is 21.4 Å². The highest BCUT2D eigenvalue weighted by Gasteiger charge is 2.32. The lowest BCUT2D eigenvalue weighted by molar-refractivity contribution is -0.755. The highest BCUT2D eigenvalue weighted by molar-refractivity contribution is 5.94. The summed E-state index contributed by atoms with van der Waals surface area (Å²) in [6, 6.07) is 0. The third-order valence-electron chi connectivity index (χ3n) is 2.17. The Morgan fingerprint density at radius 2 is 1.30 bits per heavy atom. The summed E-state index contributed by atoms with van der Waals surface area (Å²) in [6.45, 7) is 0. The van der Waals surface area contributed by atoms with Gasteiger partial charge in [-0.25, -0.2) is 0 Å². The van der Waals surface area contributed by atoms with Gasteiger partial charge in [-0.05, 0) is 9.36 Å². The summed E-state index contributed by atoms with van der Waals surface area (Å²) < 4.78 is 11.8. The fraction of sp³-hybridized carbons (Fsp3) is 0.250. The zero-order valence-electron chi connectivity index (χ0n) is 10.2. The van der Waals surface area contributed by atoms with Gasteiger partial charge in [0.05, 0.1) is 0 Å². The molecule has 0 aliphatic carbocycles. The Bertz CT molecular complexity index is 617. The van der Waals surface area contributed by atoms with Crippen molar-refractivity contribution >= 4 is 24.0 Å². The van der Waals surface area contributed by atoms with Crippen LogP contribution in [0, 0.1) is 0 Å². The molecule has 0 aromatic carbocycles. The Balaban J connectivity index is 2.56. The van der Waals surface area contributed by atoms with Crippen LogP contribution in [0.15, 0.2) is 9.05 Å². The van der Waals surface area contributed by atoms with E-state index >= 15 is 0 Å². The molecule has 2 amide bonds. The molecule has 0 saturated carbocycles. The highest BCUT2D eigenvalue weighted by Crippen LogP contribution is 2.35. The van der Waals surface area contributed by atoms with E-state index in [9.17, 15) is 9.59 Å². The maximum absolute atomic E-state index is 10.6. The largest absolute Gasteiger partial charge is 0.552 e. The van der Waals surface area contributed by atoms with Crippen LogP contribution >= 0.6 is 0 Å². The molecule has 12 heteroatoms. The molecule has 0 bridgehead atoms. The molecule has 2 heterocycles. The molecule has 2 N–H and O–H groups in total. The molecule has 0 aliphatic heterocycles. The lowest BCUT2D eigenvalue weighted by Gasteiger charge is -2.09. The normalized spacial score (nSPS) is 10.3. The second-order valence-electron chi connectivity index (χ2n) is 3.49. The fourth-order valence-electron chi connectivity index (χ4n) is 1.47. The van der Waals surface area contributed by atoms with Crippen molar-refractivity contribution in [2.24, 2.45) is 14.1 Å². The van der Waals surface area contributed by atoms with Gasteiger partial charge in [0.25, 0.3) is 0 Å². The van der Waals surface area contributed by atoms with Gasteiger partial charge >= 0.3 is 11.4 Å². The van der Waals surface area contributed by atoms with Gasteiger partial charge in [0.2, 0.25) is 12.2 Å². The Kier molecular flexibility index (Phi) is 3.20. The summed E-state index contributed by atoms with van der Waals surface area (Å²) in [7, 11) is 2.88. The van der Waals surface area contributed by atoms with Gasteiger partial charge in [-0.15, -0.1) is 0 Å². The van der Waals surface area contributed by atoms with Gasteiger partial charge in [-0.3, -0.25) is 9.59 Å². The highest BCUT2D eigenvalue weighted by atomic mass is 16.5. The number of aryl methyl sites for hydroxylation is 2. The number of hydrogen-bond acceptors (Lipinski definition) is 6. The van der Waals surface area contributed by atoms with E-state index in [-0.39, 0.29) is 23.2 Å². The Morgan fingerprint density at radius 3 is 1.60 bits per heavy atom. The Labute approximate surface area is 110 Å². The minimum Gasteiger partial charge on any atom is -0.552 e. The van der Waals surface area contributed by atoms with E-state index in [0.717, 1.165) is 9.36 Å². The molecule has 0 atom stereocenters. The van der Waals surface area contributed by atoms with E-state index in [1.54, 1.807) is 0 Å². The van der Waals surface area contributed by atoms with E-state index in [1.165, 1.54) is 14.1 Å². The maximum atomic E-state index is 10.6. The molecule has 20 heavy (non-hydrogen) atoms. The fourth-order valence-corrected chi connectivity index (χ4v) is 1.47. The van der Waals surface area contributed by atoms with Crippen LogP contribution in [0.1, 0.15) is 0 Å². The summed E-state index contributed by atoms with van der Waals surface area (Å²) in [5.74, 6) is -0.693.